The van der Waals surface area contributed by atoms with Crippen LogP contribution in [0.2, 0.25) is 0 Å². The Bertz CT molecular complexity index is 75.6. The molecular weight excluding hydrogens is 181 g/mol. The van der Waals surface area contributed by atoms with Gasteiger partial charge in [-0.2, -0.15) is 26.3 Å². The van der Waals surface area contributed by atoms with E-state index < -0.39 is 18.8 Å². The van der Waals surface area contributed by atoms with Crippen LogP contribution in [0.15, 0.2) is 0 Å². The van der Waals surface area contributed by atoms with Gasteiger partial charge in [0.05, 0.1) is 0 Å². The fraction of sp³-hybridized carbons (Fsp3) is 0.750. The molecule has 0 aliphatic heterocycles. The maximum atomic E-state index is 10.8. The molecule has 0 amide bonds. The Morgan fingerprint density at radius 1 is 0.727 bits per heavy atom. The van der Waals surface area contributed by atoms with Gasteiger partial charge < -0.3 is 0 Å². The van der Waals surface area contributed by atoms with E-state index in [1.165, 1.54) is 0 Å². The van der Waals surface area contributed by atoms with Crippen LogP contribution in [0.4, 0.5) is 30.7 Å². The van der Waals surface area contributed by atoms with E-state index in [1.807, 2.05) is 0 Å². The molecule has 0 aromatic carbocycles. The molecule has 0 N–H and O–H groups in total. The van der Waals surface area contributed by atoms with Crippen molar-refractivity contribution in [1.82, 2.24) is 0 Å². The molecule has 0 saturated heterocycles. The largest absolute Gasteiger partial charge is 0.397 e. The minimum absolute atomic E-state index is 2.71. The monoisotopic (exact) mass is 184 g/mol. The Balaban J connectivity index is 0. The molecule has 7 heteroatoms. The number of hydrogen-bond donors (Lipinski definition) is 0. The predicted molar refractivity (Wildman–Crippen MR) is 22.1 cm³/mol. The van der Waals surface area contributed by atoms with Crippen LogP contribution in [-0.4, -0.2) is 12.4 Å². The van der Waals surface area contributed by atoms with Crippen LogP contribution < -0.4 is 0 Å². The van der Waals surface area contributed by atoms with Crippen molar-refractivity contribution in [2.75, 3.05) is 0 Å². The Morgan fingerprint density at radius 2 is 0.909 bits per heavy atom. The second-order valence-corrected chi connectivity index (χ2v) is 1.41. The molecule has 2 radical (unpaired) electrons. The highest BCUT2D eigenvalue weighted by molar-refractivity contribution is 4.57. The minimum atomic E-state index is -5.14. The third kappa shape index (κ3) is 17.7. The number of hydrogen-bond acceptors (Lipinski definition) is 0. The number of halogens is 7. The van der Waals surface area contributed by atoms with E-state index in [0.29, 0.717) is 0 Å². The van der Waals surface area contributed by atoms with Crippen molar-refractivity contribution in [3.05, 3.63) is 7.18 Å². The van der Waals surface area contributed by atoms with Crippen molar-refractivity contribution in [1.29, 1.82) is 0 Å². The van der Waals surface area contributed by atoms with Gasteiger partial charge in [-0.25, -0.2) is 4.39 Å². The summed E-state index contributed by atoms with van der Waals surface area (Å²) in [5, 5.41) is 0. The molecule has 0 bridgehead atoms. The van der Waals surface area contributed by atoms with Crippen LogP contribution in [0.5, 0.6) is 0 Å². The van der Waals surface area contributed by atoms with Crippen LogP contribution >= 0.6 is 0 Å². The molecule has 0 nitrogen and oxygen atoms in total. The highest BCUT2D eigenvalue weighted by Gasteiger charge is 2.43. The second-order valence-electron chi connectivity index (χ2n) is 1.41. The third-order valence-corrected chi connectivity index (χ3v) is 0.401. The molecule has 0 fully saturated rings. The lowest BCUT2D eigenvalue weighted by Crippen LogP contribution is -2.20. The summed E-state index contributed by atoms with van der Waals surface area (Å²) in [5.41, 5.74) is 0. The summed E-state index contributed by atoms with van der Waals surface area (Å²) in [5.74, 6) is 0. The first-order valence-corrected chi connectivity index (χ1v) is 2.06. The molecule has 0 aliphatic carbocycles. The van der Waals surface area contributed by atoms with Crippen LogP contribution in [0, 0.1) is 7.18 Å². The Hall–Kier alpha value is -0.490. The van der Waals surface area contributed by atoms with Gasteiger partial charge in [-0.15, -0.1) is 0 Å². The van der Waals surface area contributed by atoms with Crippen LogP contribution in [-0.2, 0) is 0 Å². The summed E-state index contributed by atoms with van der Waals surface area (Å²) in [6.45, 7) is 0. The van der Waals surface area contributed by atoms with E-state index in [0.717, 1.165) is 0 Å². The average Bonchev–Trinajstić information content (AvgIpc) is 1.60. The van der Waals surface area contributed by atoms with Crippen molar-refractivity contribution < 1.29 is 30.7 Å². The highest BCUT2D eigenvalue weighted by atomic mass is 19.4. The molecule has 0 rings (SSSR count). The smallest absolute Gasteiger partial charge is 0.241 e. The van der Waals surface area contributed by atoms with Crippen molar-refractivity contribution in [2.24, 2.45) is 0 Å². The summed E-state index contributed by atoms with van der Waals surface area (Å²) in [4.78, 5) is 0. The minimum Gasteiger partial charge on any atom is -0.241 e. The molecule has 68 valence electrons. The van der Waals surface area contributed by atoms with E-state index >= 15 is 0 Å². The van der Waals surface area contributed by atoms with Gasteiger partial charge in [0.25, 0.3) is 0 Å². The van der Waals surface area contributed by atoms with Crippen molar-refractivity contribution in [3.8, 4) is 0 Å². The van der Waals surface area contributed by atoms with E-state index in [1.54, 1.807) is 0 Å². The maximum absolute atomic E-state index is 10.8. The van der Waals surface area contributed by atoms with Crippen molar-refractivity contribution in [3.63, 3.8) is 0 Å². The third-order valence-electron chi connectivity index (χ3n) is 0.401. The van der Waals surface area contributed by atoms with E-state index in [2.05, 4.69) is 7.18 Å². The quantitative estimate of drug-likeness (QED) is 0.507. The van der Waals surface area contributed by atoms with Crippen LogP contribution in [0.1, 0.15) is 6.42 Å². The molecule has 0 aromatic heterocycles. The molecule has 0 aliphatic rings. The van der Waals surface area contributed by atoms with Gasteiger partial charge in [-0.3, -0.25) is 0 Å². The van der Waals surface area contributed by atoms with Crippen LogP contribution in [0.3, 0.4) is 0 Å². The molecule has 0 saturated carbocycles. The van der Waals surface area contributed by atoms with Gasteiger partial charge in [0.15, 0.2) is 7.18 Å². The van der Waals surface area contributed by atoms with Gasteiger partial charge in [0.2, 0.25) is 0 Å². The molecule has 0 atom stereocenters. The molecule has 0 spiro atoms. The summed E-state index contributed by atoms with van der Waals surface area (Å²) in [7, 11) is 3.00. The lowest BCUT2D eigenvalue weighted by molar-refractivity contribution is -0.232. The Kier molecular flexibility index (Phi) is 5.25. The van der Waals surface area contributed by atoms with Gasteiger partial charge in [0, 0.05) is 0 Å². The highest BCUT2D eigenvalue weighted by Crippen LogP contribution is 2.31. The Morgan fingerprint density at radius 3 is 0.909 bits per heavy atom. The fourth-order valence-electron chi connectivity index (χ4n) is 0.227. The zero-order chi connectivity index (χ0) is 9.71. The summed E-state index contributed by atoms with van der Waals surface area (Å²) >= 11 is 0. The number of alkyl halides is 6. The van der Waals surface area contributed by atoms with Gasteiger partial charge >= 0.3 is 12.4 Å². The first-order chi connectivity index (χ1) is 4.71. The SMILES string of the molecule is FC(F)(F)CC(F)(F)F.[CH]F. The zero-order valence-electron chi connectivity index (χ0n) is 4.93. The van der Waals surface area contributed by atoms with Gasteiger partial charge in [0.1, 0.15) is 6.42 Å². The lowest BCUT2D eigenvalue weighted by Gasteiger charge is -2.08. The second kappa shape index (κ2) is 4.40. The molecule has 11 heavy (non-hydrogen) atoms. The van der Waals surface area contributed by atoms with Crippen LogP contribution in [0.25, 0.3) is 0 Å². The molecular formula is C4H3F7. The summed E-state index contributed by atoms with van der Waals surface area (Å²) in [6, 6.07) is 0. The predicted octanol–water partition coefficient (Wildman–Crippen LogP) is 3.13. The van der Waals surface area contributed by atoms with Gasteiger partial charge in [-0.1, -0.05) is 0 Å². The average molecular weight is 184 g/mol. The first kappa shape index (κ1) is 13.1. The van der Waals surface area contributed by atoms with Crippen molar-refractivity contribution in [2.45, 2.75) is 18.8 Å². The van der Waals surface area contributed by atoms with E-state index in [4.69, 9.17) is 4.39 Å². The first-order valence-electron chi connectivity index (χ1n) is 2.06. The zero-order valence-corrected chi connectivity index (χ0v) is 4.93. The van der Waals surface area contributed by atoms with Crippen molar-refractivity contribution >= 4 is 0 Å². The van der Waals surface area contributed by atoms with E-state index in [-0.39, 0.29) is 0 Å². The fourth-order valence-corrected chi connectivity index (χ4v) is 0.227. The maximum Gasteiger partial charge on any atom is 0.397 e. The van der Waals surface area contributed by atoms with Gasteiger partial charge in [-0.05, 0) is 0 Å². The Labute approximate surface area is 58.0 Å². The molecule has 0 heterocycles. The summed E-state index contributed by atoms with van der Waals surface area (Å²) < 4.78 is 74.0. The molecule has 0 unspecified atom stereocenters. The normalized spacial score (nSPS) is 12.0. The molecule has 0 aromatic rings. The number of rotatable bonds is 0. The summed E-state index contributed by atoms with van der Waals surface area (Å²) in [6.07, 6.45) is -13.0. The topological polar surface area (TPSA) is 0 Å². The lowest BCUT2D eigenvalue weighted by atomic mass is 10.4. The van der Waals surface area contributed by atoms with E-state index in [9.17, 15) is 26.3 Å². The standard InChI is InChI=1S/C3H2F6.CHF/c4-2(5,6)1-3(7,8)9;1-2/h1H2;1H.